The van der Waals surface area contributed by atoms with E-state index in [0.29, 0.717) is 12.1 Å². The van der Waals surface area contributed by atoms with Crippen LogP contribution in [0.25, 0.3) is 0 Å². The largest absolute Gasteiger partial charge is 0.312 e. The molecule has 17 heavy (non-hydrogen) atoms. The third-order valence-corrected chi connectivity index (χ3v) is 4.92. The van der Waals surface area contributed by atoms with Crippen molar-refractivity contribution in [3.8, 4) is 0 Å². The van der Waals surface area contributed by atoms with E-state index >= 15 is 0 Å². The summed E-state index contributed by atoms with van der Waals surface area (Å²) < 4.78 is 0. The van der Waals surface area contributed by atoms with Crippen molar-refractivity contribution in [1.82, 2.24) is 10.2 Å². The summed E-state index contributed by atoms with van der Waals surface area (Å²) in [6.07, 6.45) is 9.25. The zero-order valence-electron chi connectivity index (χ0n) is 12.0. The molecule has 0 amide bonds. The van der Waals surface area contributed by atoms with Crippen LogP contribution in [0.1, 0.15) is 46.0 Å². The van der Waals surface area contributed by atoms with Gasteiger partial charge in [0.1, 0.15) is 0 Å². The molecule has 2 nitrogen and oxygen atoms in total. The second-order valence-electron chi connectivity index (χ2n) is 5.56. The first-order chi connectivity index (χ1) is 8.15. The third kappa shape index (κ3) is 5.62. The maximum atomic E-state index is 3.75. The molecule has 102 valence electrons. The van der Waals surface area contributed by atoms with Crippen LogP contribution in [0.2, 0.25) is 0 Å². The Bertz CT molecular complexity index is 193. The van der Waals surface area contributed by atoms with Gasteiger partial charge in [-0.2, -0.15) is 11.8 Å². The van der Waals surface area contributed by atoms with Gasteiger partial charge in [0.05, 0.1) is 0 Å². The summed E-state index contributed by atoms with van der Waals surface area (Å²) in [4.78, 5) is 2.51. The summed E-state index contributed by atoms with van der Waals surface area (Å²) in [6.45, 7) is 5.81. The molecule has 1 rings (SSSR count). The second kappa shape index (κ2) is 8.39. The van der Waals surface area contributed by atoms with Gasteiger partial charge in [-0.3, -0.25) is 4.90 Å². The average Bonchev–Trinajstić information content (AvgIpc) is 2.36. The van der Waals surface area contributed by atoms with E-state index in [0.717, 1.165) is 12.6 Å². The lowest BCUT2D eigenvalue weighted by atomic mass is 9.95. The van der Waals surface area contributed by atoms with E-state index in [1.807, 2.05) is 11.8 Å². The molecule has 1 aliphatic carbocycles. The van der Waals surface area contributed by atoms with E-state index in [-0.39, 0.29) is 0 Å². The normalized spacial score (nSPS) is 21.7. The topological polar surface area (TPSA) is 15.3 Å². The predicted octanol–water partition coefficient (Wildman–Crippen LogP) is 2.98. The van der Waals surface area contributed by atoms with Gasteiger partial charge in [-0.05, 0) is 40.0 Å². The van der Waals surface area contributed by atoms with Gasteiger partial charge in [0.2, 0.25) is 0 Å². The number of nitrogens with one attached hydrogen (secondary N) is 1. The fraction of sp³-hybridized carbons (Fsp3) is 1.00. The monoisotopic (exact) mass is 258 g/mol. The fourth-order valence-corrected chi connectivity index (χ4v) is 3.30. The molecule has 2 unspecified atom stereocenters. The van der Waals surface area contributed by atoms with Crippen LogP contribution >= 0.6 is 11.8 Å². The van der Waals surface area contributed by atoms with E-state index in [1.54, 1.807) is 0 Å². The summed E-state index contributed by atoms with van der Waals surface area (Å²) in [5.74, 6) is 1.23. The van der Waals surface area contributed by atoms with Crippen molar-refractivity contribution >= 4 is 11.8 Å². The van der Waals surface area contributed by atoms with Crippen LogP contribution in [0.5, 0.6) is 0 Å². The number of rotatable bonds is 7. The lowest BCUT2D eigenvalue weighted by Gasteiger charge is -2.32. The fourth-order valence-electron chi connectivity index (χ4n) is 2.58. The molecule has 0 radical (unpaired) electrons. The van der Waals surface area contributed by atoms with Crippen molar-refractivity contribution in [3.63, 3.8) is 0 Å². The molecule has 3 heteroatoms. The first kappa shape index (κ1) is 15.3. The first-order valence-electron chi connectivity index (χ1n) is 7.09. The minimum atomic E-state index is 0.638. The van der Waals surface area contributed by atoms with Gasteiger partial charge in [-0.1, -0.05) is 19.3 Å². The third-order valence-electron chi connectivity index (χ3n) is 4.11. The molecule has 0 aromatic carbocycles. The molecule has 1 aliphatic rings. The number of thioether (sulfide) groups is 1. The van der Waals surface area contributed by atoms with E-state index < -0.39 is 0 Å². The van der Waals surface area contributed by atoms with Crippen molar-refractivity contribution in [1.29, 1.82) is 0 Å². The minimum absolute atomic E-state index is 0.638. The zero-order chi connectivity index (χ0) is 12.7. The van der Waals surface area contributed by atoms with Crippen LogP contribution in [0.3, 0.4) is 0 Å². The molecule has 0 aliphatic heterocycles. The Morgan fingerprint density at radius 1 is 1.18 bits per heavy atom. The number of hydrogen-bond donors (Lipinski definition) is 1. The van der Waals surface area contributed by atoms with Crippen molar-refractivity contribution < 1.29 is 0 Å². The molecule has 2 atom stereocenters. The van der Waals surface area contributed by atoms with Crippen LogP contribution in [0.15, 0.2) is 0 Å². The van der Waals surface area contributed by atoms with E-state index in [9.17, 15) is 0 Å². The lowest BCUT2D eigenvalue weighted by Crippen LogP contribution is -2.46. The molecule has 0 saturated heterocycles. The molecule has 0 aromatic rings. The maximum Gasteiger partial charge on any atom is 0.0192 e. The highest BCUT2D eigenvalue weighted by atomic mass is 32.2. The van der Waals surface area contributed by atoms with Crippen LogP contribution in [-0.4, -0.2) is 48.6 Å². The average molecular weight is 258 g/mol. The minimum Gasteiger partial charge on any atom is -0.312 e. The van der Waals surface area contributed by atoms with Gasteiger partial charge >= 0.3 is 0 Å². The van der Waals surface area contributed by atoms with Crippen molar-refractivity contribution in [2.75, 3.05) is 25.6 Å². The quantitative estimate of drug-likeness (QED) is 0.756. The van der Waals surface area contributed by atoms with Gasteiger partial charge < -0.3 is 5.32 Å². The molecule has 0 spiro atoms. The number of nitrogens with zero attached hydrogens (tertiary/aromatic N) is 1. The molecule has 1 saturated carbocycles. The summed E-state index contributed by atoms with van der Waals surface area (Å²) >= 11 is 1.94. The standard InChI is InChI=1S/C14H30N2S/c1-12(16(3)13(2)11-17-4)10-15-14-8-6-5-7-9-14/h12-15H,5-11H2,1-4H3. The predicted molar refractivity (Wildman–Crippen MR) is 79.9 cm³/mol. The van der Waals surface area contributed by atoms with E-state index in [1.165, 1.54) is 37.9 Å². The molecule has 1 fully saturated rings. The summed E-state index contributed by atoms with van der Waals surface area (Å²) in [6, 6.07) is 2.10. The highest BCUT2D eigenvalue weighted by Gasteiger charge is 2.18. The summed E-state index contributed by atoms with van der Waals surface area (Å²) in [7, 11) is 2.26. The summed E-state index contributed by atoms with van der Waals surface area (Å²) in [5, 5.41) is 3.75. The zero-order valence-corrected chi connectivity index (χ0v) is 12.9. The molecule has 0 aromatic heterocycles. The highest BCUT2D eigenvalue weighted by Crippen LogP contribution is 2.17. The van der Waals surface area contributed by atoms with Gasteiger partial charge in [-0.25, -0.2) is 0 Å². The Morgan fingerprint density at radius 3 is 2.41 bits per heavy atom. The van der Waals surface area contributed by atoms with Crippen LogP contribution < -0.4 is 5.32 Å². The van der Waals surface area contributed by atoms with Crippen molar-refractivity contribution in [2.45, 2.75) is 64.1 Å². The first-order valence-corrected chi connectivity index (χ1v) is 8.48. The second-order valence-corrected chi connectivity index (χ2v) is 6.47. The van der Waals surface area contributed by atoms with Gasteiger partial charge in [0.15, 0.2) is 0 Å². The Hall–Kier alpha value is 0.270. The molecular weight excluding hydrogens is 228 g/mol. The number of hydrogen-bond acceptors (Lipinski definition) is 3. The molecule has 0 heterocycles. The SMILES string of the molecule is CSCC(C)N(C)C(C)CNC1CCCCC1. The van der Waals surface area contributed by atoms with Gasteiger partial charge in [0, 0.05) is 30.4 Å². The maximum absolute atomic E-state index is 3.75. The van der Waals surface area contributed by atoms with Gasteiger partial charge in [0.25, 0.3) is 0 Å². The van der Waals surface area contributed by atoms with Crippen molar-refractivity contribution in [2.24, 2.45) is 0 Å². The summed E-state index contributed by atoms with van der Waals surface area (Å²) in [5.41, 5.74) is 0. The van der Waals surface area contributed by atoms with Crippen LogP contribution in [-0.2, 0) is 0 Å². The van der Waals surface area contributed by atoms with Crippen LogP contribution in [0.4, 0.5) is 0 Å². The smallest absolute Gasteiger partial charge is 0.0192 e. The molecule has 0 bridgehead atoms. The Balaban J connectivity index is 2.20. The molecule has 1 N–H and O–H groups in total. The lowest BCUT2D eigenvalue weighted by molar-refractivity contribution is 0.198. The van der Waals surface area contributed by atoms with Gasteiger partial charge in [-0.15, -0.1) is 0 Å². The van der Waals surface area contributed by atoms with E-state index in [4.69, 9.17) is 0 Å². The highest BCUT2D eigenvalue weighted by molar-refractivity contribution is 7.98. The molecular formula is C14H30N2S. The Labute approximate surface area is 112 Å². The Morgan fingerprint density at radius 2 is 1.82 bits per heavy atom. The van der Waals surface area contributed by atoms with E-state index in [2.05, 4.69) is 37.4 Å². The van der Waals surface area contributed by atoms with Crippen LogP contribution in [0, 0.1) is 0 Å². The number of likely N-dealkylation sites (N-methyl/N-ethyl adjacent to an activating group) is 1. The Kier molecular flexibility index (Phi) is 7.56. The van der Waals surface area contributed by atoms with Crippen molar-refractivity contribution in [3.05, 3.63) is 0 Å².